The topological polar surface area (TPSA) is 34.1 Å². The van der Waals surface area contributed by atoms with Crippen LogP contribution in [-0.2, 0) is 4.43 Å². The Balaban J connectivity index is 2.68. The van der Waals surface area contributed by atoms with Gasteiger partial charge in [-0.15, -0.1) is 0 Å². The molecule has 132 valence electrons. The molecule has 0 radical (unpaired) electrons. The van der Waals surface area contributed by atoms with Gasteiger partial charge in [0.2, 0.25) is 0 Å². The van der Waals surface area contributed by atoms with Crippen molar-refractivity contribution in [2.75, 3.05) is 11.9 Å². The molecule has 1 heterocycles. The van der Waals surface area contributed by atoms with E-state index in [1.807, 2.05) is 0 Å². The number of rotatable bonds is 7. The van der Waals surface area contributed by atoms with Crippen LogP contribution in [0.5, 0.6) is 0 Å². The molecule has 0 aliphatic heterocycles. The van der Waals surface area contributed by atoms with Gasteiger partial charge in [0, 0.05) is 12.8 Å². The van der Waals surface area contributed by atoms with E-state index in [1.54, 1.807) is 0 Å². The first-order chi connectivity index (χ1) is 10.4. The number of halogens is 4. The van der Waals surface area contributed by atoms with Gasteiger partial charge in [-0.2, -0.15) is 0 Å². The summed E-state index contributed by atoms with van der Waals surface area (Å²) in [6, 6.07) is 0.518. The number of anilines is 1. The van der Waals surface area contributed by atoms with Crippen LogP contribution in [0.2, 0.25) is 23.3 Å². The van der Waals surface area contributed by atoms with Gasteiger partial charge in [-0.25, -0.2) is 13.8 Å². The van der Waals surface area contributed by atoms with Crippen molar-refractivity contribution < 1.29 is 13.2 Å². The van der Waals surface area contributed by atoms with Crippen LogP contribution in [-0.4, -0.2) is 32.4 Å². The van der Waals surface area contributed by atoms with Crippen LogP contribution < -0.4 is 5.32 Å². The molecular formula is C15H24BrClF2N2OSi. The molecule has 1 aromatic heterocycles. The van der Waals surface area contributed by atoms with Crippen molar-refractivity contribution in [3.8, 4) is 0 Å². The lowest BCUT2D eigenvalue weighted by atomic mass is 10.2. The van der Waals surface area contributed by atoms with E-state index in [0.29, 0.717) is 16.8 Å². The second-order valence-corrected chi connectivity index (χ2v) is 13.0. The first kappa shape index (κ1) is 20.8. The number of pyridine rings is 1. The Morgan fingerprint density at radius 3 is 2.52 bits per heavy atom. The average Bonchev–Trinajstić information content (AvgIpc) is 2.40. The predicted octanol–water partition coefficient (Wildman–Crippen LogP) is 5.96. The maximum Gasteiger partial charge on any atom is 0.258 e. The maximum atomic E-state index is 13.3. The van der Waals surface area contributed by atoms with E-state index in [2.05, 4.69) is 60.1 Å². The number of aromatic nitrogens is 1. The standard InChI is InChI=1S/C15H24BrClF2N2OSi/c1-15(2,3)23(4,5)22-7-6-11(14(18)19)21-12-8-13(17)20-9-10(12)16/h8-9,11,14H,6-7H2,1-5H3,(H,20,21). The molecule has 0 aromatic carbocycles. The van der Waals surface area contributed by atoms with Gasteiger partial charge >= 0.3 is 0 Å². The summed E-state index contributed by atoms with van der Waals surface area (Å²) in [6.45, 7) is 10.9. The Bertz CT molecular complexity index is 527. The Kier molecular flexibility index (Phi) is 7.44. The molecule has 0 amide bonds. The van der Waals surface area contributed by atoms with Crippen molar-refractivity contribution in [3.05, 3.63) is 21.9 Å². The van der Waals surface area contributed by atoms with Crippen molar-refractivity contribution in [3.63, 3.8) is 0 Å². The first-order valence-electron chi connectivity index (χ1n) is 7.44. The fraction of sp³-hybridized carbons (Fsp3) is 0.667. The Morgan fingerprint density at radius 1 is 1.39 bits per heavy atom. The summed E-state index contributed by atoms with van der Waals surface area (Å²) in [5, 5.41) is 3.14. The van der Waals surface area contributed by atoms with E-state index >= 15 is 0 Å². The molecule has 23 heavy (non-hydrogen) atoms. The van der Waals surface area contributed by atoms with Crippen LogP contribution in [0.1, 0.15) is 27.2 Å². The predicted molar refractivity (Wildman–Crippen MR) is 98.1 cm³/mol. The number of hydrogen-bond acceptors (Lipinski definition) is 3. The molecular weight excluding hydrogens is 406 g/mol. The largest absolute Gasteiger partial charge is 0.417 e. The molecule has 3 nitrogen and oxygen atoms in total. The van der Waals surface area contributed by atoms with Crippen LogP contribution in [0.15, 0.2) is 16.7 Å². The highest BCUT2D eigenvalue weighted by Gasteiger charge is 2.37. The maximum absolute atomic E-state index is 13.3. The van der Waals surface area contributed by atoms with Crippen molar-refractivity contribution in [2.24, 2.45) is 0 Å². The zero-order valence-electron chi connectivity index (χ0n) is 14.1. The van der Waals surface area contributed by atoms with E-state index in [4.69, 9.17) is 16.0 Å². The SMILES string of the molecule is CC(C)(C)[Si](C)(C)OCCC(Nc1cc(Cl)ncc1Br)C(F)F. The molecule has 0 aliphatic rings. The highest BCUT2D eigenvalue weighted by atomic mass is 79.9. The Morgan fingerprint density at radius 2 is 2.00 bits per heavy atom. The molecule has 1 atom stereocenters. The second kappa shape index (κ2) is 8.23. The third-order valence-corrected chi connectivity index (χ3v) is 9.54. The highest BCUT2D eigenvalue weighted by Crippen LogP contribution is 2.36. The molecule has 0 saturated heterocycles. The highest BCUT2D eigenvalue weighted by molar-refractivity contribution is 9.10. The summed E-state index contributed by atoms with van der Waals surface area (Å²) in [6.07, 6.45) is -0.799. The molecule has 0 saturated carbocycles. The van der Waals surface area contributed by atoms with E-state index in [0.717, 1.165) is 0 Å². The summed E-state index contributed by atoms with van der Waals surface area (Å²) in [5.74, 6) is 0. The summed E-state index contributed by atoms with van der Waals surface area (Å²) in [4.78, 5) is 3.88. The molecule has 1 unspecified atom stereocenters. The van der Waals surface area contributed by atoms with Crippen molar-refractivity contribution in [1.29, 1.82) is 0 Å². The van der Waals surface area contributed by atoms with Gasteiger partial charge in [-0.05, 0) is 46.5 Å². The second-order valence-electron chi connectivity index (χ2n) is 6.97. The number of nitrogens with zero attached hydrogens (tertiary/aromatic N) is 1. The van der Waals surface area contributed by atoms with Gasteiger partial charge in [0.05, 0.1) is 16.2 Å². The molecule has 1 aromatic rings. The number of hydrogen-bond donors (Lipinski definition) is 1. The fourth-order valence-electron chi connectivity index (χ4n) is 1.64. The minimum atomic E-state index is -2.50. The molecule has 8 heteroatoms. The minimum absolute atomic E-state index is 0.0579. The molecule has 0 bridgehead atoms. The monoisotopic (exact) mass is 428 g/mol. The lowest BCUT2D eigenvalue weighted by Gasteiger charge is -2.36. The van der Waals surface area contributed by atoms with Gasteiger partial charge in [-0.3, -0.25) is 0 Å². The molecule has 1 rings (SSSR count). The normalized spacial score (nSPS) is 14.2. The first-order valence-corrected chi connectivity index (χ1v) is 11.5. The summed E-state index contributed by atoms with van der Waals surface area (Å²) in [7, 11) is -1.93. The fourth-order valence-corrected chi connectivity index (χ4v) is 3.19. The van der Waals surface area contributed by atoms with Gasteiger partial charge in [0.15, 0.2) is 8.32 Å². The quantitative estimate of drug-likeness (QED) is 0.429. The zero-order valence-corrected chi connectivity index (χ0v) is 17.4. The van der Waals surface area contributed by atoms with Crippen LogP contribution in [0, 0.1) is 0 Å². The van der Waals surface area contributed by atoms with Crippen LogP contribution in [0.25, 0.3) is 0 Å². The van der Waals surface area contributed by atoms with Gasteiger partial charge in [0.25, 0.3) is 6.43 Å². The number of nitrogens with one attached hydrogen (secondary N) is 1. The van der Waals surface area contributed by atoms with Crippen molar-refractivity contribution in [1.82, 2.24) is 4.98 Å². The van der Waals surface area contributed by atoms with Gasteiger partial charge in [-0.1, -0.05) is 32.4 Å². The van der Waals surface area contributed by atoms with Crippen molar-refractivity contribution >= 4 is 41.5 Å². The number of alkyl halides is 2. The average molecular weight is 430 g/mol. The molecule has 0 spiro atoms. The van der Waals surface area contributed by atoms with Crippen LogP contribution in [0.4, 0.5) is 14.5 Å². The van der Waals surface area contributed by atoms with Crippen LogP contribution >= 0.6 is 27.5 Å². The smallest absolute Gasteiger partial charge is 0.258 e. The van der Waals surface area contributed by atoms with Gasteiger partial charge in [0.1, 0.15) is 5.15 Å². The minimum Gasteiger partial charge on any atom is -0.417 e. The van der Waals surface area contributed by atoms with E-state index in [1.165, 1.54) is 12.3 Å². The van der Waals surface area contributed by atoms with E-state index in [9.17, 15) is 8.78 Å². The van der Waals surface area contributed by atoms with E-state index in [-0.39, 0.29) is 16.6 Å². The third kappa shape index (κ3) is 6.29. The van der Waals surface area contributed by atoms with Crippen LogP contribution in [0.3, 0.4) is 0 Å². The zero-order chi connectivity index (χ0) is 17.8. The lowest BCUT2D eigenvalue weighted by molar-refractivity contribution is 0.110. The summed E-state index contributed by atoms with van der Waals surface area (Å²) < 4.78 is 33.2. The molecule has 0 fully saturated rings. The van der Waals surface area contributed by atoms with Gasteiger partial charge < -0.3 is 9.74 Å². The lowest BCUT2D eigenvalue weighted by Crippen LogP contribution is -2.42. The van der Waals surface area contributed by atoms with E-state index < -0.39 is 20.8 Å². The Labute approximate surface area is 151 Å². The third-order valence-electron chi connectivity index (χ3n) is 4.16. The molecule has 1 N–H and O–H groups in total. The summed E-state index contributed by atoms with van der Waals surface area (Å²) >= 11 is 9.10. The Hall–Kier alpha value is -0.243. The summed E-state index contributed by atoms with van der Waals surface area (Å²) in [5.41, 5.74) is 0.502. The molecule has 0 aliphatic carbocycles. The van der Waals surface area contributed by atoms with Crippen molar-refractivity contribution in [2.45, 2.75) is 57.8 Å².